The predicted molar refractivity (Wildman–Crippen MR) is 80.1 cm³/mol. The molecule has 1 atom stereocenters. The first kappa shape index (κ1) is 13.0. The third-order valence-corrected chi connectivity index (χ3v) is 4.02. The lowest BCUT2D eigenvalue weighted by molar-refractivity contribution is 0.628. The Hall–Kier alpha value is -1.97. The SMILES string of the molecule is CCC1CC=CC(N2CCc3ccc(F)cc32)=NC1=N. The average Bonchev–Trinajstić information content (AvgIpc) is 2.75. The molecule has 1 aromatic rings. The van der Waals surface area contributed by atoms with Crippen LogP contribution in [0.3, 0.4) is 0 Å². The lowest BCUT2D eigenvalue weighted by atomic mass is 10.0. The number of nitrogens with one attached hydrogen (secondary N) is 1. The van der Waals surface area contributed by atoms with Gasteiger partial charge in [0.25, 0.3) is 0 Å². The van der Waals surface area contributed by atoms with Crippen LogP contribution in [0.15, 0.2) is 35.3 Å². The van der Waals surface area contributed by atoms with E-state index in [2.05, 4.69) is 18.0 Å². The topological polar surface area (TPSA) is 39.5 Å². The third-order valence-electron chi connectivity index (χ3n) is 4.02. The Labute approximate surface area is 118 Å². The van der Waals surface area contributed by atoms with Crippen LogP contribution in [0.25, 0.3) is 0 Å². The van der Waals surface area contributed by atoms with Gasteiger partial charge < -0.3 is 4.90 Å². The van der Waals surface area contributed by atoms with Gasteiger partial charge in [-0.3, -0.25) is 5.41 Å². The molecule has 1 unspecified atom stereocenters. The van der Waals surface area contributed by atoms with E-state index in [4.69, 9.17) is 5.41 Å². The molecule has 0 radical (unpaired) electrons. The van der Waals surface area contributed by atoms with Crippen LogP contribution < -0.4 is 4.90 Å². The van der Waals surface area contributed by atoms with E-state index < -0.39 is 0 Å². The maximum Gasteiger partial charge on any atom is 0.134 e. The van der Waals surface area contributed by atoms with Gasteiger partial charge in [0.15, 0.2) is 0 Å². The minimum absolute atomic E-state index is 0.193. The maximum atomic E-state index is 13.4. The van der Waals surface area contributed by atoms with Gasteiger partial charge in [-0.15, -0.1) is 0 Å². The van der Waals surface area contributed by atoms with Gasteiger partial charge in [0.2, 0.25) is 0 Å². The highest BCUT2D eigenvalue weighted by atomic mass is 19.1. The fraction of sp³-hybridized carbons (Fsp3) is 0.375. The monoisotopic (exact) mass is 271 g/mol. The number of anilines is 1. The summed E-state index contributed by atoms with van der Waals surface area (Å²) in [5, 5.41) is 8.08. The minimum Gasteiger partial charge on any atom is -0.326 e. The van der Waals surface area contributed by atoms with Crippen molar-refractivity contribution in [1.82, 2.24) is 0 Å². The molecule has 0 saturated carbocycles. The molecule has 1 aromatic carbocycles. The number of aliphatic imine (C=N–C) groups is 1. The van der Waals surface area contributed by atoms with E-state index in [0.29, 0.717) is 5.84 Å². The first-order valence-corrected chi connectivity index (χ1v) is 7.08. The normalized spacial score (nSPS) is 21.7. The number of fused-ring (bicyclic) bond motifs is 1. The molecule has 0 aromatic heterocycles. The van der Waals surface area contributed by atoms with Gasteiger partial charge in [0, 0.05) is 18.2 Å². The highest BCUT2D eigenvalue weighted by Gasteiger charge is 2.24. The second-order valence-electron chi connectivity index (χ2n) is 5.27. The Morgan fingerprint density at radius 1 is 1.45 bits per heavy atom. The molecule has 3 nitrogen and oxygen atoms in total. The van der Waals surface area contributed by atoms with E-state index in [-0.39, 0.29) is 11.7 Å². The van der Waals surface area contributed by atoms with E-state index >= 15 is 0 Å². The van der Waals surface area contributed by atoms with Gasteiger partial charge in [-0.05, 0) is 43.0 Å². The van der Waals surface area contributed by atoms with Crippen LogP contribution in [-0.4, -0.2) is 18.2 Å². The van der Waals surface area contributed by atoms with Gasteiger partial charge in [-0.2, -0.15) is 0 Å². The summed E-state index contributed by atoms with van der Waals surface area (Å²) >= 11 is 0. The zero-order valence-corrected chi connectivity index (χ0v) is 11.6. The number of halogens is 1. The van der Waals surface area contributed by atoms with Gasteiger partial charge in [0.1, 0.15) is 17.5 Å². The van der Waals surface area contributed by atoms with Crippen molar-refractivity contribution in [3.05, 3.63) is 41.7 Å². The fourth-order valence-corrected chi connectivity index (χ4v) is 2.80. The second kappa shape index (κ2) is 5.19. The summed E-state index contributed by atoms with van der Waals surface area (Å²) in [4.78, 5) is 6.47. The number of nitrogens with zero attached hydrogens (tertiary/aromatic N) is 2. The van der Waals surface area contributed by atoms with Crippen molar-refractivity contribution < 1.29 is 4.39 Å². The summed E-state index contributed by atoms with van der Waals surface area (Å²) in [5.41, 5.74) is 2.03. The van der Waals surface area contributed by atoms with E-state index in [9.17, 15) is 4.39 Å². The summed E-state index contributed by atoms with van der Waals surface area (Å²) in [6.45, 7) is 2.88. The molecule has 2 heterocycles. The largest absolute Gasteiger partial charge is 0.326 e. The smallest absolute Gasteiger partial charge is 0.134 e. The zero-order valence-electron chi connectivity index (χ0n) is 11.6. The van der Waals surface area contributed by atoms with Crippen LogP contribution in [0.1, 0.15) is 25.3 Å². The molecule has 0 bridgehead atoms. The number of hydrogen-bond donors (Lipinski definition) is 1. The first-order valence-electron chi connectivity index (χ1n) is 7.08. The van der Waals surface area contributed by atoms with Crippen molar-refractivity contribution >= 4 is 17.4 Å². The highest BCUT2D eigenvalue weighted by Crippen LogP contribution is 2.30. The van der Waals surface area contributed by atoms with Crippen LogP contribution in [0.2, 0.25) is 0 Å². The second-order valence-corrected chi connectivity index (χ2v) is 5.27. The molecule has 0 amide bonds. The fourth-order valence-electron chi connectivity index (χ4n) is 2.80. The van der Waals surface area contributed by atoms with Crippen molar-refractivity contribution in [3.8, 4) is 0 Å². The number of allylic oxidation sites excluding steroid dienone is 1. The van der Waals surface area contributed by atoms with Crippen LogP contribution >= 0.6 is 0 Å². The Morgan fingerprint density at radius 2 is 2.30 bits per heavy atom. The molecule has 0 fully saturated rings. The van der Waals surface area contributed by atoms with Crippen LogP contribution in [0.5, 0.6) is 0 Å². The van der Waals surface area contributed by atoms with Crippen molar-refractivity contribution in [2.75, 3.05) is 11.4 Å². The molecule has 2 aliphatic heterocycles. The van der Waals surface area contributed by atoms with E-state index in [1.54, 1.807) is 6.07 Å². The van der Waals surface area contributed by atoms with Gasteiger partial charge in [0.05, 0.1) is 0 Å². The van der Waals surface area contributed by atoms with E-state index in [1.807, 2.05) is 17.0 Å². The Kier molecular flexibility index (Phi) is 3.38. The number of rotatable bonds is 1. The van der Waals surface area contributed by atoms with Crippen molar-refractivity contribution in [2.45, 2.75) is 26.2 Å². The molecule has 0 aliphatic carbocycles. The third kappa shape index (κ3) is 2.26. The molecule has 20 heavy (non-hydrogen) atoms. The van der Waals surface area contributed by atoms with E-state index in [0.717, 1.165) is 42.9 Å². The molecule has 0 saturated heterocycles. The van der Waals surface area contributed by atoms with Crippen molar-refractivity contribution in [3.63, 3.8) is 0 Å². The predicted octanol–water partition coefficient (Wildman–Crippen LogP) is 3.55. The average molecular weight is 271 g/mol. The summed E-state index contributed by atoms with van der Waals surface area (Å²) in [6.07, 6.45) is 6.71. The van der Waals surface area contributed by atoms with Gasteiger partial charge >= 0.3 is 0 Å². The molecule has 2 aliphatic rings. The number of hydrogen-bond acceptors (Lipinski definition) is 2. The standard InChI is InChI=1S/C16H18FN3/c1-2-11-4-3-5-15(19-16(11)18)20-9-8-12-6-7-13(17)10-14(12)20/h3,5-7,10-11,18H,2,4,8-9H2,1H3. The van der Waals surface area contributed by atoms with Gasteiger partial charge in [-0.1, -0.05) is 19.1 Å². The Morgan fingerprint density at radius 3 is 3.10 bits per heavy atom. The summed E-state index contributed by atoms with van der Waals surface area (Å²) in [6, 6.07) is 4.90. The molecule has 0 spiro atoms. The maximum absolute atomic E-state index is 13.4. The van der Waals surface area contributed by atoms with Crippen LogP contribution in [0, 0.1) is 17.1 Å². The molecular weight excluding hydrogens is 253 g/mol. The van der Waals surface area contributed by atoms with Crippen LogP contribution in [-0.2, 0) is 6.42 Å². The first-order chi connectivity index (χ1) is 9.69. The lowest BCUT2D eigenvalue weighted by Crippen LogP contribution is -2.28. The van der Waals surface area contributed by atoms with Crippen LogP contribution in [0.4, 0.5) is 10.1 Å². The van der Waals surface area contributed by atoms with E-state index in [1.165, 1.54) is 6.07 Å². The minimum atomic E-state index is -0.227. The molecule has 104 valence electrons. The molecule has 3 rings (SSSR count). The quantitative estimate of drug-likeness (QED) is 0.833. The highest BCUT2D eigenvalue weighted by molar-refractivity contribution is 6.12. The Bertz CT molecular complexity index is 604. The lowest BCUT2D eigenvalue weighted by Gasteiger charge is -2.19. The summed E-state index contributed by atoms with van der Waals surface area (Å²) in [5.74, 6) is 1.15. The number of benzene rings is 1. The molecule has 4 heteroatoms. The number of amidine groups is 2. The zero-order chi connectivity index (χ0) is 14.1. The summed E-state index contributed by atoms with van der Waals surface area (Å²) < 4.78 is 13.4. The summed E-state index contributed by atoms with van der Waals surface area (Å²) in [7, 11) is 0. The van der Waals surface area contributed by atoms with Crippen molar-refractivity contribution in [1.29, 1.82) is 5.41 Å². The molecule has 1 N–H and O–H groups in total. The Balaban J connectivity index is 1.95. The molecular formula is C16H18FN3. The van der Waals surface area contributed by atoms with Gasteiger partial charge in [-0.25, -0.2) is 9.38 Å². The van der Waals surface area contributed by atoms with Crippen molar-refractivity contribution in [2.24, 2.45) is 10.9 Å².